The Bertz CT molecular complexity index is 1340. The maximum Gasteiger partial charge on any atom is 0.472 e. The molecule has 1 heterocycles. The van der Waals surface area contributed by atoms with Gasteiger partial charge >= 0.3 is 19.8 Å². The first-order valence-corrected chi connectivity index (χ1v) is 25.1. The van der Waals surface area contributed by atoms with Gasteiger partial charge in [-0.25, -0.2) is 4.57 Å². The lowest BCUT2D eigenvalue weighted by molar-refractivity contribution is -0.220. The Kier molecular flexibility index (Phi) is 30.8. The molecule has 62 heavy (non-hydrogen) atoms. The zero-order valence-corrected chi connectivity index (χ0v) is 38.5. The molecule has 0 amide bonds. The third kappa shape index (κ3) is 25.9. The summed E-state index contributed by atoms with van der Waals surface area (Å²) in [5, 5.41) is 50.2. The van der Waals surface area contributed by atoms with E-state index in [2.05, 4.69) is 50.3 Å². The fourth-order valence-electron chi connectivity index (χ4n) is 7.13. The molecule has 1 aliphatic carbocycles. The van der Waals surface area contributed by atoms with E-state index in [0.717, 1.165) is 64.2 Å². The van der Waals surface area contributed by atoms with E-state index in [1.165, 1.54) is 57.8 Å². The Balaban J connectivity index is 1.73. The molecule has 358 valence electrons. The molecule has 5 unspecified atom stereocenters. The Hall–Kier alpha value is -2.23. The van der Waals surface area contributed by atoms with Gasteiger partial charge in [-0.15, -0.1) is 0 Å². The molecule has 0 aromatic heterocycles. The van der Waals surface area contributed by atoms with Crippen LogP contribution < -0.4 is 0 Å². The molecule has 0 spiro atoms. The number of allylic oxidation sites excluding steroid dienone is 7. The molecule has 14 nitrogen and oxygen atoms in total. The van der Waals surface area contributed by atoms with Crippen LogP contribution in [0.3, 0.4) is 0 Å². The van der Waals surface area contributed by atoms with Crippen LogP contribution in [0, 0.1) is 0 Å². The first-order chi connectivity index (χ1) is 29.9. The molecule has 0 bridgehead atoms. The highest BCUT2D eigenvalue weighted by Crippen LogP contribution is 2.47. The normalized spacial score (nSPS) is 25.5. The molecule has 10 atom stereocenters. The zero-order valence-electron chi connectivity index (χ0n) is 37.6. The lowest BCUT2D eigenvalue weighted by Crippen LogP contribution is -2.64. The number of epoxide rings is 1. The largest absolute Gasteiger partial charge is 0.472 e. The lowest BCUT2D eigenvalue weighted by atomic mass is 9.85. The van der Waals surface area contributed by atoms with Crippen molar-refractivity contribution >= 4 is 19.8 Å². The number of aliphatic hydroxyl groups is 5. The summed E-state index contributed by atoms with van der Waals surface area (Å²) in [6.45, 7) is 3.20. The molecule has 0 aromatic rings. The molecular weight excluding hydrogens is 819 g/mol. The van der Waals surface area contributed by atoms with E-state index in [4.69, 9.17) is 23.3 Å². The fraction of sp³-hybridized carbons (Fsp3) is 0.787. The van der Waals surface area contributed by atoms with Crippen LogP contribution in [0.1, 0.15) is 168 Å². The molecule has 15 heteroatoms. The fourth-order valence-corrected chi connectivity index (χ4v) is 8.11. The number of aliphatic hydroxyl groups excluding tert-OH is 5. The van der Waals surface area contributed by atoms with Crippen molar-refractivity contribution in [3.05, 3.63) is 48.6 Å². The first kappa shape index (κ1) is 55.9. The number of phosphoric ester groups is 1. The van der Waals surface area contributed by atoms with Gasteiger partial charge in [0.15, 0.2) is 6.10 Å². The topological polar surface area (TPSA) is 222 Å². The predicted molar refractivity (Wildman–Crippen MR) is 239 cm³/mol. The highest BCUT2D eigenvalue weighted by molar-refractivity contribution is 7.47. The van der Waals surface area contributed by atoms with Gasteiger partial charge in [0.25, 0.3) is 0 Å². The highest BCUT2D eigenvalue weighted by atomic mass is 31.2. The standard InChI is InChI=1S/C47H81O14P/c1-3-5-7-8-9-10-11-12-13-14-15-19-22-25-29-33-40(48)57-35-37(36-58-62(55,56)61-47-45(53)43(51)42(50)44(52)46(47)54)59-41(49)34-30-26-23-20-17-16-18-21-24-28-32-39-38(60-39)31-27-6-4-2/h12-13,16,18,20,23-24,28,37-39,42-47,50-54H,3-11,14-15,17,19,21-22,25-27,29-36H2,1-2H3,(H,55,56)/b13-12-,18-16-,23-20-,28-24-/t37-,38?,39?,42?,43-,44+,45-,46-,47?/m1/s1. The van der Waals surface area contributed by atoms with E-state index in [9.17, 15) is 44.6 Å². The van der Waals surface area contributed by atoms with Crippen molar-refractivity contribution in [2.45, 2.75) is 223 Å². The lowest BCUT2D eigenvalue weighted by Gasteiger charge is -2.41. The van der Waals surface area contributed by atoms with Gasteiger partial charge in [0.05, 0.1) is 18.8 Å². The maximum absolute atomic E-state index is 12.8. The Morgan fingerprint density at radius 3 is 1.73 bits per heavy atom. The minimum atomic E-state index is -5.14. The van der Waals surface area contributed by atoms with Gasteiger partial charge < -0.3 is 44.6 Å². The summed E-state index contributed by atoms with van der Waals surface area (Å²) in [6.07, 6.45) is 27.7. The number of carbonyl (C=O) groups excluding carboxylic acids is 2. The quantitative estimate of drug-likeness (QED) is 0.0114. The van der Waals surface area contributed by atoms with Crippen LogP contribution >= 0.6 is 7.82 Å². The van der Waals surface area contributed by atoms with E-state index >= 15 is 0 Å². The van der Waals surface area contributed by atoms with Crippen LogP contribution in [-0.2, 0) is 37.4 Å². The molecule has 1 aliphatic heterocycles. The number of ether oxygens (including phenoxy) is 3. The van der Waals surface area contributed by atoms with Crippen LogP contribution in [0.5, 0.6) is 0 Å². The molecule has 2 aliphatic rings. The number of rotatable bonds is 37. The number of esters is 2. The molecule has 0 aromatic carbocycles. The number of hydrogen-bond acceptors (Lipinski definition) is 13. The van der Waals surface area contributed by atoms with Crippen molar-refractivity contribution < 1.29 is 67.8 Å². The Morgan fingerprint density at radius 2 is 1.08 bits per heavy atom. The van der Waals surface area contributed by atoms with Crippen LogP contribution in [-0.4, -0.2) is 111 Å². The monoisotopic (exact) mass is 901 g/mol. The Labute approximate surface area is 371 Å². The number of carbonyl (C=O) groups is 2. The summed E-state index contributed by atoms with van der Waals surface area (Å²) in [7, 11) is -5.14. The molecule has 6 N–H and O–H groups in total. The van der Waals surface area contributed by atoms with E-state index in [-0.39, 0.29) is 12.8 Å². The van der Waals surface area contributed by atoms with Crippen molar-refractivity contribution in [2.24, 2.45) is 0 Å². The van der Waals surface area contributed by atoms with Crippen LogP contribution in [0.2, 0.25) is 0 Å². The predicted octanol–water partition coefficient (Wildman–Crippen LogP) is 8.16. The van der Waals surface area contributed by atoms with Crippen LogP contribution in [0.25, 0.3) is 0 Å². The van der Waals surface area contributed by atoms with Gasteiger partial charge in [0.1, 0.15) is 43.2 Å². The number of phosphoric acid groups is 1. The van der Waals surface area contributed by atoms with Gasteiger partial charge in [-0.3, -0.25) is 18.6 Å². The average molecular weight is 901 g/mol. The third-order valence-corrected chi connectivity index (χ3v) is 12.1. The molecular formula is C47H81O14P. The van der Waals surface area contributed by atoms with E-state index in [0.29, 0.717) is 31.5 Å². The minimum Gasteiger partial charge on any atom is -0.462 e. The molecule has 2 rings (SSSR count). The van der Waals surface area contributed by atoms with Crippen molar-refractivity contribution in [3.8, 4) is 0 Å². The number of hydrogen-bond donors (Lipinski definition) is 6. The van der Waals surface area contributed by atoms with E-state index in [1.807, 2.05) is 12.2 Å². The summed E-state index contributed by atoms with van der Waals surface area (Å²) in [6, 6.07) is 0. The SMILES string of the molecule is CCCCCCCC/C=C\CCCCCCCC(=O)OC[C@H](COP(=O)(O)OC1[C@H](O)[C@H](O)C(O)[C@H](O)[C@H]1O)OC(=O)CCC/C=C\C/C=C\C/C=C\CC1OC1CCCCC. The zero-order chi connectivity index (χ0) is 45.4. The summed E-state index contributed by atoms with van der Waals surface area (Å²) in [5.41, 5.74) is 0. The summed E-state index contributed by atoms with van der Waals surface area (Å²) in [4.78, 5) is 35.7. The third-order valence-electron chi connectivity index (χ3n) is 11.1. The Morgan fingerprint density at radius 1 is 0.581 bits per heavy atom. The smallest absolute Gasteiger partial charge is 0.462 e. The summed E-state index contributed by atoms with van der Waals surface area (Å²) >= 11 is 0. The van der Waals surface area contributed by atoms with Crippen LogP contribution in [0.4, 0.5) is 0 Å². The van der Waals surface area contributed by atoms with E-state index in [1.54, 1.807) is 0 Å². The summed E-state index contributed by atoms with van der Waals surface area (Å²) < 4.78 is 39.2. The maximum atomic E-state index is 12.8. The molecule has 0 radical (unpaired) electrons. The van der Waals surface area contributed by atoms with Crippen molar-refractivity contribution in [2.75, 3.05) is 13.2 Å². The highest BCUT2D eigenvalue weighted by Gasteiger charge is 2.51. The first-order valence-electron chi connectivity index (χ1n) is 23.6. The summed E-state index contributed by atoms with van der Waals surface area (Å²) in [5.74, 6) is -1.18. The van der Waals surface area contributed by atoms with Gasteiger partial charge in [-0.2, -0.15) is 0 Å². The van der Waals surface area contributed by atoms with Crippen molar-refractivity contribution in [1.82, 2.24) is 0 Å². The molecule has 1 saturated heterocycles. The second-order valence-electron chi connectivity index (χ2n) is 16.6. The minimum absolute atomic E-state index is 0.0142. The van der Waals surface area contributed by atoms with Gasteiger partial charge in [-0.1, -0.05) is 133 Å². The molecule has 1 saturated carbocycles. The van der Waals surface area contributed by atoms with Crippen molar-refractivity contribution in [3.63, 3.8) is 0 Å². The van der Waals surface area contributed by atoms with Gasteiger partial charge in [0.2, 0.25) is 0 Å². The van der Waals surface area contributed by atoms with Gasteiger partial charge in [-0.05, 0) is 70.6 Å². The van der Waals surface area contributed by atoms with Gasteiger partial charge in [0, 0.05) is 12.8 Å². The van der Waals surface area contributed by atoms with E-state index < -0.39 is 75.7 Å². The van der Waals surface area contributed by atoms with Crippen molar-refractivity contribution in [1.29, 1.82) is 0 Å². The average Bonchev–Trinajstić information content (AvgIpc) is 4.01. The second kappa shape index (κ2) is 34.2. The number of unbranched alkanes of at least 4 members (excludes halogenated alkanes) is 14. The van der Waals surface area contributed by atoms with Crippen LogP contribution in [0.15, 0.2) is 48.6 Å². The second-order valence-corrected chi connectivity index (χ2v) is 18.0. The molecule has 2 fully saturated rings.